The summed E-state index contributed by atoms with van der Waals surface area (Å²) in [6, 6.07) is 10.1. The van der Waals surface area contributed by atoms with Crippen molar-refractivity contribution in [2.45, 2.75) is 13.5 Å². The highest BCUT2D eigenvalue weighted by atomic mass is 32.1. The van der Waals surface area contributed by atoms with Crippen LogP contribution < -0.4 is 14.3 Å². The van der Waals surface area contributed by atoms with Crippen LogP contribution in [0.2, 0.25) is 0 Å². The van der Waals surface area contributed by atoms with Gasteiger partial charge in [-0.25, -0.2) is 4.79 Å². The molecule has 0 radical (unpaired) electrons. The molecule has 4 rings (SSSR count). The SMILES string of the molecule is C#CCn1c(=NC(=O)c2ccc3c(c2)OCCO3)sc2cc(C(=O)OCC)ccc21. The normalized spacial score (nSPS) is 13.1. The van der Waals surface area contributed by atoms with Crippen LogP contribution in [0.3, 0.4) is 0 Å². The quantitative estimate of drug-likeness (QED) is 0.477. The Balaban J connectivity index is 1.75. The van der Waals surface area contributed by atoms with Crippen LogP contribution in [0.1, 0.15) is 27.6 Å². The maximum atomic E-state index is 12.8. The highest BCUT2D eigenvalue weighted by Crippen LogP contribution is 2.31. The van der Waals surface area contributed by atoms with Crippen molar-refractivity contribution in [1.29, 1.82) is 0 Å². The van der Waals surface area contributed by atoms with Crippen molar-refractivity contribution < 1.29 is 23.8 Å². The van der Waals surface area contributed by atoms with Gasteiger partial charge in [0.1, 0.15) is 13.2 Å². The number of hydrogen-bond acceptors (Lipinski definition) is 6. The summed E-state index contributed by atoms with van der Waals surface area (Å²) < 4.78 is 18.6. The minimum absolute atomic E-state index is 0.242. The van der Waals surface area contributed by atoms with Crippen LogP contribution in [0, 0.1) is 12.3 Å². The van der Waals surface area contributed by atoms with Gasteiger partial charge in [0, 0.05) is 5.56 Å². The maximum Gasteiger partial charge on any atom is 0.338 e. The van der Waals surface area contributed by atoms with Gasteiger partial charge in [-0.15, -0.1) is 6.42 Å². The van der Waals surface area contributed by atoms with Crippen molar-refractivity contribution in [2.24, 2.45) is 4.99 Å². The Morgan fingerprint density at radius 3 is 2.70 bits per heavy atom. The Bertz CT molecular complexity index is 1250. The van der Waals surface area contributed by atoms with Crippen molar-refractivity contribution in [3.05, 3.63) is 52.3 Å². The van der Waals surface area contributed by atoms with Crippen LogP contribution in [-0.2, 0) is 11.3 Å². The van der Waals surface area contributed by atoms with Gasteiger partial charge in [0.25, 0.3) is 5.91 Å². The predicted molar refractivity (Wildman–Crippen MR) is 112 cm³/mol. The minimum atomic E-state index is -0.421. The van der Waals surface area contributed by atoms with E-state index in [0.29, 0.717) is 47.2 Å². The molecule has 0 aliphatic carbocycles. The standard InChI is InChI=1S/C22H18N2O5S/c1-3-9-24-16-7-5-15(21(26)27-4-2)13-19(16)30-22(24)23-20(25)14-6-8-17-18(12-14)29-11-10-28-17/h1,5-8,12-13H,4,9-11H2,2H3. The van der Waals surface area contributed by atoms with Crippen molar-refractivity contribution in [2.75, 3.05) is 19.8 Å². The molecule has 8 heteroatoms. The number of hydrogen-bond donors (Lipinski definition) is 0. The first-order chi connectivity index (χ1) is 14.6. The summed E-state index contributed by atoms with van der Waals surface area (Å²) in [4.78, 5) is 29.6. The first kappa shape index (κ1) is 19.7. The van der Waals surface area contributed by atoms with E-state index in [1.54, 1.807) is 47.9 Å². The van der Waals surface area contributed by atoms with Gasteiger partial charge in [-0.3, -0.25) is 4.79 Å². The number of ether oxygens (including phenoxy) is 3. The summed E-state index contributed by atoms with van der Waals surface area (Å²) >= 11 is 1.28. The topological polar surface area (TPSA) is 79.1 Å². The van der Waals surface area contributed by atoms with Crippen LogP contribution in [0.4, 0.5) is 0 Å². The lowest BCUT2D eigenvalue weighted by atomic mass is 10.2. The van der Waals surface area contributed by atoms with Gasteiger partial charge in [-0.2, -0.15) is 4.99 Å². The Labute approximate surface area is 176 Å². The smallest absolute Gasteiger partial charge is 0.338 e. The second-order valence-corrected chi connectivity index (χ2v) is 7.36. The maximum absolute atomic E-state index is 12.8. The first-order valence-electron chi connectivity index (χ1n) is 9.33. The zero-order valence-corrected chi connectivity index (χ0v) is 17.0. The number of terminal acetylenes is 1. The lowest BCUT2D eigenvalue weighted by molar-refractivity contribution is 0.0526. The summed E-state index contributed by atoms with van der Waals surface area (Å²) in [7, 11) is 0. The molecule has 0 spiro atoms. The molecule has 30 heavy (non-hydrogen) atoms. The van der Waals surface area contributed by atoms with Gasteiger partial charge in [0.15, 0.2) is 16.3 Å². The zero-order valence-electron chi connectivity index (χ0n) is 16.2. The molecule has 7 nitrogen and oxygen atoms in total. The van der Waals surface area contributed by atoms with E-state index in [2.05, 4.69) is 10.9 Å². The third kappa shape index (κ3) is 3.80. The van der Waals surface area contributed by atoms with Gasteiger partial charge < -0.3 is 18.8 Å². The minimum Gasteiger partial charge on any atom is -0.486 e. The molecule has 0 saturated carbocycles. The van der Waals surface area contributed by atoms with Gasteiger partial charge in [-0.05, 0) is 43.3 Å². The summed E-state index contributed by atoms with van der Waals surface area (Å²) in [5, 5.41) is 0. The number of amides is 1. The number of esters is 1. The highest BCUT2D eigenvalue weighted by Gasteiger charge is 2.16. The highest BCUT2D eigenvalue weighted by molar-refractivity contribution is 7.16. The third-order valence-corrected chi connectivity index (χ3v) is 5.47. The Hall–Kier alpha value is -3.57. The number of benzene rings is 2. The lowest BCUT2D eigenvalue weighted by Crippen LogP contribution is -2.17. The average molecular weight is 422 g/mol. The monoisotopic (exact) mass is 422 g/mol. The van der Waals surface area contributed by atoms with Crippen molar-refractivity contribution in [3.8, 4) is 23.8 Å². The summed E-state index contributed by atoms with van der Waals surface area (Å²) in [5.41, 5.74) is 1.61. The molecule has 1 aromatic heterocycles. The fourth-order valence-electron chi connectivity index (χ4n) is 3.07. The zero-order chi connectivity index (χ0) is 21.1. The molecule has 152 valence electrons. The fraction of sp³-hybridized carbons (Fsp3) is 0.227. The van der Waals surface area contributed by atoms with E-state index in [4.69, 9.17) is 20.6 Å². The molecular formula is C22H18N2O5S. The van der Waals surface area contributed by atoms with E-state index in [1.807, 2.05) is 0 Å². The lowest BCUT2D eigenvalue weighted by Gasteiger charge is -2.18. The van der Waals surface area contributed by atoms with Gasteiger partial charge in [0.05, 0.1) is 28.9 Å². The third-order valence-electron chi connectivity index (χ3n) is 4.43. The molecule has 0 N–H and O–H groups in total. The number of fused-ring (bicyclic) bond motifs is 2. The van der Waals surface area contributed by atoms with Crippen LogP contribution in [0.25, 0.3) is 10.2 Å². The van der Waals surface area contributed by atoms with E-state index >= 15 is 0 Å². The Morgan fingerprint density at radius 1 is 1.17 bits per heavy atom. The molecule has 3 aromatic rings. The number of rotatable bonds is 4. The van der Waals surface area contributed by atoms with Gasteiger partial charge in [-0.1, -0.05) is 17.3 Å². The van der Waals surface area contributed by atoms with Crippen molar-refractivity contribution >= 4 is 33.4 Å². The van der Waals surface area contributed by atoms with E-state index in [-0.39, 0.29) is 6.54 Å². The largest absolute Gasteiger partial charge is 0.486 e. The van der Waals surface area contributed by atoms with E-state index in [1.165, 1.54) is 11.3 Å². The Morgan fingerprint density at radius 2 is 1.93 bits per heavy atom. The van der Waals surface area contributed by atoms with Crippen molar-refractivity contribution in [1.82, 2.24) is 4.57 Å². The van der Waals surface area contributed by atoms with Crippen LogP contribution in [0.5, 0.6) is 11.5 Å². The molecular weight excluding hydrogens is 404 g/mol. The number of carbonyl (C=O) groups excluding carboxylic acids is 2. The number of nitrogens with zero attached hydrogens (tertiary/aromatic N) is 2. The van der Waals surface area contributed by atoms with Crippen molar-refractivity contribution in [3.63, 3.8) is 0 Å². The predicted octanol–water partition coefficient (Wildman–Crippen LogP) is 3.03. The number of aromatic nitrogens is 1. The average Bonchev–Trinajstić information content (AvgIpc) is 3.10. The summed E-state index contributed by atoms with van der Waals surface area (Å²) in [5.74, 6) is 2.89. The van der Waals surface area contributed by atoms with Crippen LogP contribution >= 0.6 is 11.3 Å². The second-order valence-electron chi connectivity index (χ2n) is 6.35. The number of carbonyl (C=O) groups is 2. The number of thiazole rings is 1. The molecule has 0 unspecified atom stereocenters. The molecule has 0 atom stereocenters. The molecule has 0 saturated heterocycles. The molecule has 0 bridgehead atoms. The van der Waals surface area contributed by atoms with Gasteiger partial charge >= 0.3 is 5.97 Å². The van der Waals surface area contributed by atoms with Crippen LogP contribution in [0.15, 0.2) is 41.4 Å². The van der Waals surface area contributed by atoms with Gasteiger partial charge in [0.2, 0.25) is 0 Å². The molecule has 2 aromatic carbocycles. The summed E-state index contributed by atoms with van der Waals surface area (Å²) in [6.45, 7) is 3.20. The first-order valence-corrected chi connectivity index (χ1v) is 10.1. The van der Waals surface area contributed by atoms with E-state index in [0.717, 1.165) is 10.2 Å². The molecule has 1 amide bonds. The summed E-state index contributed by atoms with van der Waals surface area (Å²) in [6.07, 6.45) is 5.52. The molecule has 0 fully saturated rings. The fourth-order valence-corrected chi connectivity index (χ4v) is 4.14. The second kappa shape index (κ2) is 8.43. The van der Waals surface area contributed by atoms with E-state index in [9.17, 15) is 9.59 Å². The van der Waals surface area contributed by atoms with E-state index < -0.39 is 11.9 Å². The molecule has 1 aliphatic rings. The molecule has 2 heterocycles. The van der Waals surface area contributed by atoms with Crippen LogP contribution in [-0.4, -0.2) is 36.3 Å². The molecule has 1 aliphatic heterocycles. The Kier molecular flexibility index (Phi) is 5.55.